The van der Waals surface area contributed by atoms with Gasteiger partial charge in [0.25, 0.3) is 0 Å². The molecule has 0 amide bonds. The molecule has 2 N–H and O–H groups in total. The summed E-state index contributed by atoms with van der Waals surface area (Å²) in [4.78, 5) is 20.3. The molecule has 0 spiro atoms. The summed E-state index contributed by atoms with van der Waals surface area (Å²) in [5, 5.41) is 14.2. The van der Waals surface area contributed by atoms with Crippen molar-refractivity contribution in [3.05, 3.63) is 84.1 Å². The first-order chi connectivity index (χ1) is 13.6. The summed E-state index contributed by atoms with van der Waals surface area (Å²) < 4.78 is 0. The molecule has 1 unspecified atom stereocenters. The molecule has 4 nitrogen and oxygen atoms in total. The first-order valence-corrected chi connectivity index (χ1v) is 10.1. The van der Waals surface area contributed by atoms with Gasteiger partial charge in [-0.15, -0.1) is 11.8 Å². The van der Waals surface area contributed by atoms with E-state index in [0.29, 0.717) is 12.2 Å². The number of rotatable bonds is 4. The van der Waals surface area contributed by atoms with E-state index in [1.807, 2.05) is 48.5 Å². The number of nitrogens with one attached hydrogen (secondary N) is 1. The molecule has 1 atom stereocenters. The summed E-state index contributed by atoms with van der Waals surface area (Å²) in [5.41, 5.74) is 1.74. The zero-order valence-corrected chi connectivity index (χ0v) is 15.9. The van der Waals surface area contributed by atoms with Crippen molar-refractivity contribution in [2.75, 3.05) is 5.75 Å². The maximum absolute atomic E-state index is 12.2. The second kappa shape index (κ2) is 6.53. The SMILES string of the molecule is O=C(O)C1(Cc2cc3ccccc3[nH]2)CSC(c2ccc3ccccc3c2)=N1. The van der Waals surface area contributed by atoms with E-state index >= 15 is 0 Å². The van der Waals surface area contributed by atoms with Gasteiger partial charge in [-0.2, -0.15) is 0 Å². The predicted octanol–water partition coefficient (Wildman–Crippen LogP) is 4.88. The number of hydrogen-bond acceptors (Lipinski definition) is 3. The number of carbonyl (C=O) groups is 1. The molecule has 1 aliphatic heterocycles. The molecule has 4 aromatic rings. The molecule has 0 fully saturated rings. The van der Waals surface area contributed by atoms with Crippen LogP contribution in [0.3, 0.4) is 0 Å². The van der Waals surface area contributed by atoms with Crippen molar-refractivity contribution in [2.45, 2.75) is 12.0 Å². The number of para-hydroxylation sites is 1. The molecule has 0 saturated heterocycles. The predicted molar refractivity (Wildman–Crippen MR) is 115 cm³/mol. The van der Waals surface area contributed by atoms with Gasteiger partial charge >= 0.3 is 5.97 Å². The molecule has 138 valence electrons. The third-order valence-electron chi connectivity index (χ3n) is 5.23. The van der Waals surface area contributed by atoms with Gasteiger partial charge < -0.3 is 10.1 Å². The Kier molecular flexibility index (Phi) is 3.98. The highest BCUT2D eigenvalue weighted by Gasteiger charge is 2.43. The Labute approximate surface area is 166 Å². The van der Waals surface area contributed by atoms with Crippen molar-refractivity contribution < 1.29 is 9.90 Å². The summed E-state index contributed by atoms with van der Waals surface area (Å²) in [6.45, 7) is 0. The Balaban J connectivity index is 1.52. The smallest absolute Gasteiger partial charge is 0.332 e. The number of thioether (sulfide) groups is 1. The molecule has 5 heteroatoms. The molecular weight excluding hydrogens is 368 g/mol. The van der Waals surface area contributed by atoms with E-state index in [1.54, 1.807) is 0 Å². The van der Waals surface area contributed by atoms with Crippen LogP contribution in [-0.2, 0) is 11.2 Å². The first kappa shape index (κ1) is 17.1. The molecule has 0 saturated carbocycles. The van der Waals surface area contributed by atoms with Gasteiger partial charge in [-0.1, -0.05) is 54.6 Å². The summed E-state index contributed by atoms with van der Waals surface area (Å²) in [5.74, 6) is -0.450. The van der Waals surface area contributed by atoms with Crippen LogP contribution >= 0.6 is 11.8 Å². The van der Waals surface area contributed by atoms with Crippen molar-refractivity contribution in [2.24, 2.45) is 4.99 Å². The van der Waals surface area contributed by atoms with E-state index in [1.165, 1.54) is 11.8 Å². The topological polar surface area (TPSA) is 65.4 Å². The average molecular weight is 386 g/mol. The molecule has 1 aromatic heterocycles. The molecule has 1 aliphatic rings. The maximum atomic E-state index is 12.2. The number of carboxylic acid groups (broad SMARTS) is 1. The molecule has 0 aliphatic carbocycles. The molecule has 3 aromatic carbocycles. The van der Waals surface area contributed by atoms with Crippen molar-refractivity contribution >= 4 is 44.5 Å². The van der Waals surface area contributed by atoms with Crippen molar-refractivity contribution in [1.82, 2.24) is 4.98 Å². The number of aromatic amines is 1. The minimum atomic E-state index is -1.15. The number of benzene rings is 3. The first-order valence-electron chi connectivity index (χ1n) is 9.15. The number of fused-ring (bicyclic) bond motifs is 2. The van der Waals surface area contributed by atoms with Gasteiger partial charge in [0.1, 0.15) is 0 Å². The number of aliphatic imine (C=N–C) groups is 1. The van der Waals surface area contributed by atoms with Crippen LogP contribution in [0.25, 0.3) is 21.7 Å². The Morgan fingerprint density at radius 1 is 1.00 bits per heavy atom. The zero-order chi connectivity index (χ0) is 19.1. The Morgan fingerprint density at radius 2 is 1.75 bits per heavy atom. The number of hydrogen-bond donors (Lipinski definition) is 2. The number of H-pyrrole nitrogens is 1. The van der Waals surface area contributed by atoms with Crippen molar-refractivity contribution in [3.8, 4) is 0 Å². The fourth-order valence-electron chi connectivity index (χ4n) is 3.74. The fraction of sp³-hybridized carbons (Fsp3) is 0.130. The highest BCUT2D eigenvalue weighted by Crippen LogP contribution is 2.35. The lowest BCUT2D eigenvalue weighted by molar-refractivity contribution is -0.142. The van der Waals surface area contributed by atoms with Crippen LogP contribution in [-0.4, -0.2) is 32.4 Å². The van der Waals surface area contributed by atoms with E-state index in [2.05, 4.69) is 29.2 Å². The normalized spacial score (nSPS) is 19.2. The van der Waals surface area contributed by atoms with Gasteiger partial charge in [-0.25, -0.2) is 4.79 Å². The summed E-state index contributed by atoms with van der Waals surface area (Å²) in [7, 11) is 0. The third kappa shape index (κ3) is 2.88. The largest absolute Gasteiger partial charge is 0.479 e. The maximum Gasteiger partial charge on any atom is 0.332 e. The second-order valence-electron chi connectivity index (χ2n) is 7.16. The molecule has 0 bridgehead atoms. The lowest BCUT2D eigenvalue weighted by atomic mass is 9.96. The highest BCUT2D eigenvalue weighted by atomic mass is 32.2. The Morgan fingerprint density at radius 3 is 2.54 bits per heavy atom. The summed E-state index contributed by atoms with van der Waals surface area (Å²) in [6, 6.07) is 24.3. The van der Waals surface area contributed by atoms with Gasteiger partial charge in [0, 0.05) is 28.9 Å². The van der Waals surface area contributed by atoms with E-state index < -0.39 is 11.5 Å². The average Bonchev–Trinajstić information content (AvgIpc) is 3.32. The van der Waals surface area contributed by atoms with E-state index in [0.717, 1.165) is 38.0 Å². The van der Waals surface area contributed by atoms with Crippen LogP contribution in [0.15, 0.2) is 77.8 Å². The monoisotopic (exact) mass is 386 g/mol. The fourth-order valence-corrected chi connectivity index (χ4v) is 4.93. The van der Waals surface area contributed by atoms with E-state index in [-0.39, 0.29) is 0 Å². The van der Waals surface area contributed by atoms with E-state index in [9.17, 15) is 9.90 Å². The van der Waals surface area contributed by atoms with Gasteiger partial charge in [0.2, 0.25) is 0 Å². The van der Waals surface area contributed by atoms with Crippen molar-refractivity contribution in [1.29, 1.82) is 0 Å². The van der Waals surface area contributed by atoms with Crippen LogP contribution in [0.4, 0.5) is 0 Å². The van der Waals surface area contributed by atoms with E-state index in [4.69, 9.17) is 4.99 Å². The molecular formula is C23H18N2O2S. The van der Waals surface area contributed by atoms with Gasteiger partial charge in [-0.3, -0.25) is 4.99 Å². The van der Waals surface area contributed by atoms with Crippen LogP contribution in [0.1, 0.15) is 11.3 Å². The van der Waals surface area contributed by atoms with Gasteiger partial charge in [0.15, 0.2) is 5.54 Å². The minimum Gasteiger partial charge on any atom is -0.479 e. The molecule has 0 radical (unpaired) electrons. The van der Waals surface area contributed by atoms with Gasteiger partial charge in [-0.05, 0) is 34.4 Å². The number of nitrogens with zero attached hydrogens (tertiary/aromatic N) is 1. The number of aromatic nitrogens is 1. The number of carboxylic acids is 1. The van der Waals surface area contributed by atoms with Crippen molar-refractivity contribution in [3.63, 3.8) is 0 Å². The van der Waals surface area contributed by atoms with Crippen LogP contribution in [0.5, 0.6) is 0 Å². The minimum absolute atomic E-state index is 0.348. The van der Waals surface area contributed by atoms with Crippen LogP contribution in [0, 0.1) is 0 Å². The molecule has 5 rings (SSSR count). The molecule has 28 heavy (non-hydrogen) atoms. The lowest BCUT2D eigenvalue weighted by Crippen LogP contribution is -2.39. The number of aliphatic carboxylic acids is 1. The van der Waals surface area contributed by atoms with Crippen LogP contribution < -0.4 is 0 Å². The van der Waals surface area contributed by atoms with Crippen LogP contribution in [0.2, 0.25) is 0 Å². The molecule has 2 heterocycles. The highest BCUT2D eigenvalue weighted by molar-refractivity contribution is 8.14. The Hall–Kier alpha value is -3.05. The third-order valence-corrected chi connectivity index (χ3v) is 6.45. The Bertz CT molecular complexity index is 1210. The summed E-state index contributed by atoms with van der Waals surface area (Å²) >= 11 is 1.52. The van der Waals surface area contributed by atoms with Gasteiger partial charge in [0.05, 0.1) is 5.04 Å². The standard InChI is InChI=1S/C23H18N2O2S/c26-22(27)23(13-19-12-17-7-3-4-8-20(17)24-19)14-28-21(25-23)18-10-9-15-5-1-2-6-16(15)11-18/h1-12,24H,13-14H2,(H,26,27). The quantitative estimate of drug-likeness (QED) is 0.525. The summed E-state index contributed by atoms with van der Waals surface area (Å²) in [6.07, 6.45) is 0.348. The zero-order valence-electron chi connectivity index (χ0n) is 15.1. The lowest BCUT2D eigenvalue weighted by Gasteiger charge is -2.19. The second-order valence-corrected chi connectivity index (χ2v) is 8.13.